The lowest BCUT2D eigenvalue weighted by Gasteiger charge is -2.14. The number of pyridine rings is 1. The molecule has 0 radical (unpaired) electrons. The first-order valence-electron chi connectivity index (χ1n) is 6.12. The molecule has 0 amide bonds. The molecule has 4 heteroatoms. The standard InChI is InChI=1S/C15H17BrN2O/c1-9-4-5-12(16)7-14(9)19-15-6-10(2)18-11(3)13(15)8-17/h4-7H,8,17H2,1-3H3. The third-order valence-corrected chi connectivity index (χ3v) is 3.49. The van der Waals surface area contributed by atoms with Gasteiger partial charge in [0.25, 0.3) is 0 Å². The SMILES string of the molecule is Cc1cc(Oc2cc(Br)ccc2C)c(CN)c(C)n1. The molecule has 0 saturated carbocycles. The van der Waals surface area contributed by atoms with E-state index in [1.54, 1.807) is 0 Å². The minimum absolute atomic E-state index is 0.418. The van der Waals surface area contributed by atoms with Crippen LogP contribution in [-0.2, 0) is 6.54 Å². The number of aromatic nitrogens is 1. The van der Waals surface area contributed by atoms with Crippen molar-refractivity contribution in [1.82, 2.24) is 4.98 Å². The van der Waals surface area contributed by atoms with Crippen molar-refractivity contribution in [3.05, 3.63) is 51.3 Å². The summed E-state index contributed by atoms with van der Waals surface area (Å²) in [6.07, 6.45) is 0. The van der Waals surface area contributed by atoms with E-state index in [0.717, 1.165) is 38.5 Å². The van der Waals surface area contributed by atoms with Crippen LogP contribution in [0, 0.1) is 20.8 Å². The van der Waals surface area contributed by atoms with E-state index in [-0.39, 0.29) is 0 Å². The van der Waals surface area contributed by atoms with E-state index in [1.165, 1.54) is 0 Å². The van der Waals surface area contributed by atoms with Crippen LogP contribution in [0.4, 0.5) is 0 Å². The third-order valence-electron chi connectivity index (χ3n) is 2.99. The predicted octanol–water partition coefficient (Wildman–Crippen LogP) is 4.02. The van der Waals surface area contributed by atoms with Crippen molar-refractivity contribution < 1.29 is 4.74 Å². The molecule has 3 nitrogen and oxygen atoms in total. The van der Waals surface area contributed by atoms with Gasteiger partial charge in [0.2, 0.25) is 0 Å². The molecule has 0 aliphatic carbocycles. The van der Waals surface area contributed by atoms with Gasteiger partial charge in [-0.25, -0.2) is 0 Å². The van der Waals surface area contributed by atoms with Crippen LogP contribution in [0.3, 0.4) is 0 Å². The monoisotopic (exact) mass is 320 g/mol. The van der Waals surface area contributed by atoms with E-state index in [1.807, 2.05) is 45.0 Å². The van der Waals surface area contributed by atoms with E-state index >= 15 is 0 Å². The van der Waals surface area contributed by atoms with Crippen LogP contribution in [0.15, 0.2) is 28.7 Å². The van der Waals surface area contributed by atoms with Crippen molar-refractivity contribution in [3.8, 4) is 11.5 Å². The zero-order valence-corrected chi connectivity index (χ0v) is 12.9. The quantitative estimate of drug-likeness (QED) is 0.929. The van der Waals surface area contributed by atoms with Gasteiger partial charge in [-0.2, -0.15) is 0 Å². The summed E-state index contributed by atoms with van der Waals surface area (Å²) in [5, 5.41) is 0. The Kier molecular flexibility index (Phi) is 4.22. The van der Waals surface area contributed by atoms with Gasteiger partial charge in [-0.1, -0.05) is 22.0 Å². The molecule has 0 unspecified atom stereocenters. The average molecular weight is 321 g/mol. The highest BCUT2D eigenvalue weighted by molar-refractivity contribution is 9.10. The Labute approximate surface area is 121 Å². The zero-order valence-electron chi connectivity index (χ0n) is 11.3. The van der Waals surface area contributed by atoms with E-state index in [4.69, 9.17) is 10.5 Å². The second-order valence-corrected chi connectivity index (χ2v) is 5.46. The van der Waals surface area contributed by atoms with Crippen molar-refractivity contribution >= 4 is 15.9 Å². The maximum atomic E-state index is 6.02. The van der Waals surface area contributed by atoms with Gasteiger partial charge in [0, 0.05) is 34.0 Å². The molecule has 19 heavy (non-hydrogen) atoms. The maximum absolute atomic E-state index is 6.02. The first-order valence-corrected chi connectivity index (χ1v) is 6.91. The second kappa shape index (κ2) is 5.72. The Morgan fingerprint density at radius 3 is 2.58 bits per heavy atom. The molecule has 0 bridgehead atoms. The van der Waals surface area contributed by atoms with Gasteiger partial charge in [0.1, 0.15) is 11.5 Å². The highest BCUT2D eigenvalue weighted by Crippen LogP contribution is 2.31. The molecule has 0 fully saturated rings. The molecule has 0 aliphatic heterocycles. The number of nitrogens with zero attached hydrogens (tertiary/aromatic N) is 1. The molecule has 2 N–H and O–H groups in total. The minimum Gasteiger partial charge on any atom is -0.457 e. The van der Waals surface area contributed by atoms with Gasteiger partial charge < -0.3 is 10.5 Å². The Hall–Kier alpha value is -1.39. The Balaban J connectivity index is 2.45. The highest BCUT2D eigenvalue weighted by Gasteiger charge is 2.10. The summed E-state index contributed by atoms with van der Waals surface area (Å²) in [6, 6.07) is 7.90. The lowest BCUT2D eigenvalue weighted by molar-refractivity contribution is 0.470. The Bertz CT molecular complexity index is 611. The van der Waals surface area contributed by atoms with Gasteiger partial charge in [0.15, 0.2) is 0 Å². The number of ether oxygens (including phenoxy) is 1. The van der Waals surface area contributed by atoms with Crippen molar-refractivity contribution in [2.24, 2.45) is 5.73 Å². The fourth-order valence-electron chi connectivity index (χ4n) is 1.96. The topological polar surface area (TPSA) is 48.1 Å². The first-order chi connectivity index (χ1) is 9.01. The molecule has 1 aromatic carbocycles. The van der Waals surface area contributed by atoms with Crippen molar-refractivity contribution in [3.63, 3.8) is 0 Å². The maximum Gasteiger partial charge on any atom is 0.135 e. The van der Waals surface area contributed by atoms with Crippen LogP contribution in [0.5, 0.6) is 11.5 Å². The summed E-state index contributed by atoms with van der Waals surface area (Å²) in [5.74, 6) is 1.61. The van der Waals surface area contributed by atoms with Crippen molar-refractivity contribution in [2.75, 3.05) is 0 Å². The number of halogens is 1. The minimum atomic E-state index is 0.418. The normalized spacial score (nSPS) is 10.6. The number of benzene rings is 1. The molecule has 1 heterocycles. The van der Waals surface area contributed by atoms with E-state index in [2.05, 4.69) is 20.9 Å². The summed E-state index contributed by atoms with van der Waals surface area (Å²) in [4.78, 5) is 4.42. The number of nitrogens with two attached hydrogens (primary N) is 1. The zero-order chi connectivity index (χ0) is 14.0. The summed E-state index contributed by atoms with van der Waals surface area (Å²) in [7, 11) is 0. The average Bonchev–Trinajstić information content (AvgIpc) is 2.33. The molecular formula is C15H17BrN2O. The summed E-state index contributed by atoms with van der Waals surface area (Å²) >= 11 is 3.46. The van der Waals surface area contributed by atoms with Crippen LogP contribution in [0.25, 0.3) is 0 Å². The van der Waals surface area contributed by atoms with E-state index in [9.17, 15) is 0 Å². The third kappa shape index (κ3) is 3.14. The summed E-state index contributed by atoms with van der Waals surface area (Å²) in [5.41, 5.74) is 9.67. The van der Waals surface area contributed by atoms with Gasteiger partial charge in [-0.05, 0) is 38.5 Å². The highest BCUT2D eigenvalue weighted by atomic mass is 79.9. The summed E-state index contributed by atoms with van der Waals surface area (Å²) in [6.45, 7) is 6.34. The molecule has 2 rings (SSSR count). The number of hydrogen-bond acceptors (Lipinski definition) is 3. The first kappa shape index (κ1) is 14.0. The Morgan fingerprint density at radius 1 is 1.16 bits per heavy atom. The van der Waals surface area contributed by atoms with Crippen molar-refractivity contribution in [2.45, 2.75) is 27.3 Å². The number of rotatable bonds is 3. The van der Waals surface area contributed by atoms with Crippen molar-refractivity contribution in [1.29, 1.82) is 0 Å². The fourth-order valence-corrected chi connectivity index (χ4v) is 2.30. The molecule has 100 valence electrons. The Morgan fingerprint density at radius 2 is 1.89 bits per heavy atom. The number of aryl methyl sites for hydroxylation is 3. The smallest absolute Gasteiger partial charge is 0.135 e. The molecule has 0 aliphatic rings. The largest absolute Gasteiger partial charge is 0.457 e. The molecule has 2 aromatic rings. The van der Waals surface area contributed by atoms with Crippen LogP contribution < -0.4 is 10.5 Å². The van der Waals surface area contributed by atoms with Gasteiger partial charge in [-0.15, -0.1) is 0 Å². The fraction of sp³-hybridized carbons (Fsp3) is 0.267. The molecular weight excluding hydrogens is 304 g/mol. The van der Waals surface area contributed by atoms with Crippen LogP contribution in [-0.4, -0.2) is 4.98 Å². The summed E-state index contributed by atoms with van der Waals surface area (Å²) < 4.78 is 7.01. The second-order valence-electron chi connectivity index (χ2n) is 4.54. The lowest BCUT2D eigenvalue weighted by Crippen LogP contribution is -2.05. The molecule has 1 aromatic heterocycles. The molecule has 0 saturated heterocycles. The lowest BCUT2D eigenvalue weighted by atomic mass is 10.1. The number of hydrogen-bond donors (Lipinski definition) is 1. The van der Waals surface area contributed by atoms with E-state index in [0.29, 0.717) is 6.54 Å². The molecule has 0 atom stereocenters. The van der Waals surface area contributed by atoms with Gasteiger partial charge >= 0.3 is 0 Å². The predicted molar refractivity (Wildman–Crippen MR) is 80.6 cm³/mol. The van der Waals surface area contributed by atoms with Gasteiger partial charge in [-0.3, -0.25) is 4.98 Å². The molecule has 0 spiro atoms. The van der Waals surface area contributed by atoms with Crippen LogP contribution in [0.1, 0.15) is 22.5 Å². The van der Waals surface area contributed by atoms with Crippen LogP contribution in [0.2, 0.25) is 0 Å². The van der Waals surface area contributed by atoms with Crippen LogP contribution >= 0.6 is 15.9 Å². The van der Waals surface area contributed by atoms with E-state index < -0.39 is 0 Å². The van der Waals surface area contributed by atoms with Gasteiger partial charge in [0.05, 0.1) is 0 Å².